The van der Waals surface area contributed by atoms with Gasteiger partial charge in [0.25, 0.3) is 0 Å². The second-order valence-corrected chi connectivity index (χ2v) is 5.85. The summed E-state index contributed by atoms with van der Waals surface area (Å²) in [6.45, 7) is 6.51. The molecule has 2 rings (SSSR count). The van der Waals surface area contributed by atoms with Gasteiger partial charge in [-0.15, -0.1) is 5.10 Å². The molecule has 0 aliphatic rings. The lowest BCUT2D eigenvalue weighted by Crippen LogP contribution is -2.10. The topological polar surface area (TPSA) is 69.6 Å². The first-order valence-electron chi connectivity index (χ1n) is 7.32. The highest BCUT2D eigenvalue weighted by molar-refractivity contribution is 5.71. The molecule has 2 N–H and O–H groups in total. The molecule has 1 aromatic heterocycles. The predicted molar refractivity (Wildman–Crippen MR) is 81.0 cm³/mol. The first-order valence-corrected chi connectivity index (χ1v) is 7.32. The third kappa shape index (κ3) is 3.77. The van der Waals surface area contributed by atoms with Crippen LogP contribution in [0.25, 0.3) is 11.4 Å². The molecule has 0 aliphatic carbocycles. The highest BCUT2D eigenvalue weighted by atomic mass is 19.1. The van der Waals surface area contributed by atoms with Gasteiger partial charge in [0.2, 0.25) is 0 Å². The molecule has 2 aromatic rings. The van der Waals surface area contributed by atoms with E-state index >= 15 is 0 Å². The number of hydrogen-bond acceptors (Lipinski definition) is 4. The lowest BCUT2D eigenvalue weighted by atomic mass is 10.0. The molecule has 0 saturated heterocycles. The zero-order valence-corrected chi connectivity index (χ0v) is 12.8. The van der Waals surface area contributed by atoms with Crippen LogP contribution in [0.5, 0.6) is 0 Å². The number of halogens is 1. The molecule has 0 radical (unpaired) electrons. The van der Waals surface area contributed by atoms with Gasteiger partial charge in [-0.05, 0) is 47.9 Å². The van der Waals surface area contributed by atoms with Crippen molar-refractivity contribution in [3.05, 3.63) is 24.0 Å². The van der Waals surface area contributed by atoms with E-state index < -0.39 is 0 Å². The predicted octanol–water partition coefficient (Wildman–Crippen LogP) is 3.45. The average Bonchev–Trinajstić information content (AvgIpc) is 2.87. The van der Waals surface area contributed by atoms with E-state index in [2.05, 4.69) is 36.3 Å². The van der Waals surface area contributed by atoms with Crippen LogP contribution in [0.2, 0.25) is 0 Å². The summed E-state index contributed by atoms with van der Waals surface area (Å²) < 4.78 is 14.9. The van der Waals surface area contributed by atoms with Crippen LogP contribution in [-0.2, 0) is 0 Å². The standard InChI is InChI=1S/C15H22FN5/c1-10(2)5-4-6-11(3)21-15(18-19-20-21)13-8-7-12(16)9-14(13)17/h7-11H,4-6,17H2,1-3H3. The van der Waals surface area contributed by atoms with Crippen LogP contribution in [0, 0.1) is 11.7 Å². The van der Waals surface area contributed by atoms with Crippen molar-refractivity contribution in [2.24, 2.45) is 5.92 Å². The summed E-state index contributed by atoms with van der Waals surface area (Å²) in [5.41, 5.74) is 6.88. The molecular formula is C15H22FN5. The van der Waals surface area contributed by atoms with Gasteiger partial charge in [-0.1, -0.05) is 26.7 Å². The maximum Gasteiger partial charge on any atom is 0.184 e. The number of nitrogens with two attached hydrogens (primary N) is 1. The quantitative estimate of drug-likeness (QED) is 0.828. The summed E-state index contributed by atoms with van der Waals surface area (Å²) in [5.74, 6) is 0.920. The SMILES string of the molecule is CC(C)CCCC(C)n1nnnc1-c1ccc(F)cc1N. The number of tetrazole rings is 1. The smallest absolute Gasteiger partial charge is 0.184 e. The number of rotatable bonds is 6. The molecule has 1 unspecified atom stereocenters. The fourth-order valence-electron chi connectivity index (χ4n) is 2.35. The molecule has 21 heavy (non-hydrogen) atoms. The van der Waals surface area contributed by atoms with Gasteiger partial charge in [0.05, 0.1) is 6.04 Å². The van der Waals surface area contributed by atoms with E-state index in [9.17, 15) is 4.39 Å². The molecule has 1 aromatic carbocycles. The Labute approximate surface area is 124 Å². The Morgan fingerprint density at radius 3 is 2.67 bits per heavy atom. The molecule has 1 atom stereocenters. The zero-order valence-electron chi connectivity index (χ0n) is 12.8. The van der Waals surface area contributed by atoms with Crippen LogP contribution < -0.4 is 5.73 Å². The van der Waals surface area contributed by atoms with Crippen molar-refractivity contribution in [1.29, 1.82) is 0 Å². The van der Waals surface area contributed by atoms with E-state index in [0.717, 1.165) is 12.8 Å². The third-order valence-electron chi connectivity index (χ3n) is 3.57. The largest absolute Gasteiger partial charge is 0.398 e. The molecule has 5 nitrogen and oxygen atoms in total. The molecular weight excluding hydrogens is 269 g/mol. The number of nitrogens with zero attached hydrogens (tertiary/aromatic N) is 4. The summed E-state index contributed by atoms with van der Waals surface area (Å²) in [4.78, 5) is 0. The highest BCUT2D eigenvalue weighted by Gasteiger charge is 2.16. The molecule has 6 heteroatoms. The number of hydrogen-bond donors (Lipinski definition) is 1. The van der Waals surface area contributed by atoms with Crippen molar-refractivity contribution in [2.75, 3.05) is 5.73 Å². The van der Waals surface area contributed by atoms with Crippen molar-refractivity contribution in [1.82, 2.24) is 20.2 Å². The van der Waals surface area contributed by atoms with E-state index in [1.165, 1.54) is 18.6 Å². The van der Waals surface area contributed by atoms with Gasteiger partial charge >= 0.3 is 0 Å². The molecule has 0 fully saturated rings. The van der Waals surface area contributed by atoms with Crippen LogP contribution in [-0.4, -0.2) is 20.2 Å². The van der Waals surface area contributed by atoms with E-state index in [4.69, 9.17) is 5.73 Å². The Balaban J connectivity index is 2.18. The van der Waals surface area contributed by atoms with Gasteiger partial charge in [-0.25, -0.2) is 9.07 Å². The van der Waals surface area contributed by atoms with Crippen molar-refractivity contribution in [2.45, 2.75) is 46.1 Å². The summed E-state index contributed by atoms with van der Waals surface area (Å²) in [7, 11) is 0. The van der Waals surface area contributed by atoms with Crippen molar-refractivity contribution in [3.63, 3.8) is 0 Å². The Morgan fingerprint density at radius 1 is 1.24 bits per heavy atom. The van der Waals surface area contributed by atoms with Crippen molar-refractivity contribution >= 4 is 5.69 Å². The van der Waals surface area contributed by atoms with E-state index in [-0.39, 0.29) is 11.9 Å². The van der Waals surface area contributed by atoms with Crippen LogP contribution in [0.15, 0.2) is 18.2 Å². The van der Waals surface area contributed by atoms with Crippen LogP contribution in [0.4, 0.5) is 10.1 Å². The van der Waals surface area contributed by atoms with Crippen LogP contribution in [0.3, 0.4) is 0 Å². The van der Waals surface area contributed by atoms with E-state index in [1.807, 2.05) is 0 Å². The molecule has 0 saturated carbocycles. The number of benzene rings is 1. The second-order valence-electron chi connectivity index (χ2n) is 5.85. The third-order valence-corrected chi connectivity index (χ3v) is 3.57. The maximum absolute atomic E-state index is 13.2. The summed E-state index contributed by atoms with van der Waals surface area (Å²) in [6.07, 6.45) is 3.30. The van der Waals surface area contributed by atoms with Gasteiger partial charge in [-0.3, -0.25) is 0 Å². The van der Waals surface area contributed by atoms with Crippen LogP contribution in [0.1, 0.15) is 46.1 Å². The van der Waals surface area contributed by atoms with Gasteiger partial charge < -0.3 is 5.73 Å². The van der Waals surface area contributed by atoms with E-state index in [0.29, 0.717) is 23.0 Å². The van der Waals surface area contributed by atoms with Crippen molar-refractivity contribution < 1.29 is 4.39 Å². The molecule has 114 valence electrons. The summed E-state index contributed by atoms with van der Waals surface area (Å²) in [6, 6.07) is 4.46. The molecule has 0 amide bonds. The van der Waals surface area contributed by atoms with E-state index in [1.54, 1.807) is 10.7 Å². The Hall–Kier alpha value is -1.98. The van der Waals surface area contributed by atoms with Crippen LogP contribution >= 0.6 is 0 Å². The first-order chi connectivity index (χ1) is 9.99. The minimum absolute atomic E-state index is 0.179. The highest BCUT2D eigenvalue weighted by Crippen LogP contribution is 2.27. The second kappa shape index (κ2) is 6.65. The first kappa shape index (κ1) is 15.4. The number of nitrogen functional groups attached to an aromatic ring is 1. The fraction of sp³-hybridized carbons (Fsp3) is 0.533. The lowest BCUT2D eigenvalue weighted by Gasteiger charge is -2.14. The number of aromatic nitrogens is 4. The van der Waals surface area contributed by atoms with Gasteiger partial charge in [0.15, 0.2) is 5.82 Å². The lowest BCUT2D eigenvalue weighted by molar-refractivity contribution is 0.414. The Morgan fingerprint density at radius 2 is 2.00 bits per heavy atom. The molecule has 0 spiro atoms. The Kier molecular flexibility index (Phi) is 4.88. The number of anilines is 1. The summed E-state index contributed by atoms with van der Waals surface area (Å²) >= 11 is 0. The van der Waals surface area contributed by atoms with Gasteiger partial charge in [-0.2, -0.15) is 0 Å². The molecule has 1 heterocycles. The van der Waals surface area contributed by atoms with Gasteiger partial charge in [0, 0.05) is 11.3 Å². The fourth-order valence-corrected chi connectivity index (χ4v) is 2.35. The Bertz CT molecular complexity index is 593. The monoisotopic (exact) mass is 291 g/mol. The minimum Gasteiger partial charge on any atom is -0.398 e. The van der Waals surface area contributed by atoms with Gasteiger partial charge in [0.1, 0.15) is 5.82 Å². The summed E-state index contributed by atoms with van der Waals surface area (Å²) in [5, 5.41) is 11.8. The maximum atomic E-state index is 13.2. The molecule has 0 bridgehead atoms. The minimum atomic E-state index is -0.361. The zero-order chi connectivity index (χ0) is 15.4. The molecule has 0 aliphatic heterocycles. The average molecular weight is 291 g/mol. The normalized spacial score (nSPS) is 12.8. The van der Waals surface area contributed by atoms with Crippen molar-refractivity contribution in [3.8, 4) is 11.4 Å².